The SMILES string of the molecule is CCOC(=O)c1ccc(CNC(=O)C2CC(C)CCC2C(C)C)o1. The Bertz CT molecular complexity index is 563. The first-order valence-electron chi connectivity index (χ1n) is 8.95. The molecule has 1 heterocycles. The van der Waals surface area contributed by atoms with Crippen LogP contribution in [0.1, 0.15) is 63.3 Å². The Balaban J connectivity index is 1.93. The molecule has 0 aromatic carbocycles. The van der Waals surface area contributed by atoms with Gasteiger partial charge >= 0.3 is 5.97 Å². The third kappa shape index (κ3) is 4.62. The van der Waals surface area contributed by atoms with Crippen molar-refractivity contribution >= 4 is 11.9 Å². The number of amides is 1. The molecule has 0 saturated heterocycles. The number of esters is 1. The van der Waals surface area contributed by atoms with Gasteiger partial charge in [0.2, 0.25) is 11.7 Å². The van der Waals surface area contributed by atoms with Crippen molar-refractivity contribution in [1.82, 2.24) is 5.32 Å². The zero-order valence-corrected chi connectivity index (χ0v) is 15.1. The van der Waals surface area contributed by atoms with Crippen LogP contribution in [0.4, 0.5) is 0 Å². The molecule has 1 aromatic heterocycles. The summed E-state index contributed by atoms with van der Waals surface area (Å²) in [5, 5.41) is 2.97. The lowest BCUT2D eigenvalue weighted by atomic mass is 9.70. The quantitative estimate of drug-likeness (QED) is 0.803. The highest BCUT2D eigenvalue weighted by atomic mass is 16.5. The third-order valence-electron chi connectivity index (χ3n) is 4.93. The monoisotopic (exact) mass is 335 g/mol. The van der Waals surface area contributed by atoms with Crippen LogP contribution in [-0.4, -0.2) is 18.5 Å². The van der Waals surface area contributed by atoms with Crippen LogP contribution in [0.25, 0.3) is 0 Å². The van der Waals surface area contributed by atoms with Crippen LogP contribution in [-0.2, 0) is 16.1 Å². The largest absolute Gasteiger partial charge is 0.460 e. The van der Waals surface area contributed by atoms with Gasteiger partial charge in [0, 0.05) is 5.92 Å². The molecule has 5 nitrogen and oxygen atoms in total. The molecule has 0 spiro atoms. The number of furan rings is 1. The van der Waals surface area contributed by atoms with Crippen LogP contribution >= 0.6 is 0 Å². The lowest BCUT2D eigenvalue weighted by Crippen LogP contribution is -2.39. The molecule has 1 amide bonds. The fraction of sp³-hybridized carbons (Fsp3) is 0.684. The molecule has 2 rings (SSSR count). The molecule has 1 fully saturated rings. The van der Waals surface area contributed by atoms with E-state index in [0.29, 0.717) is 36.7 Å². The van der Waals surface area contributed by atoms with Gasteiger partial charge in [-0.1, -0.05) is 27.2 Å². The van der Waals surface area contributed by atoms with Gasteiger partial charge in [-0.15, -0.1) is 0 Å². The van der Waals surface area contributed by atoms with E-state index in [1.54, 1.807) is 19.1 Å². The molecular formula is C19H29NO4. The van der Waals surface area contributed by atoms with Crippen molar-refractivity contribution in [3.05, 3.63) is 23.7 Å². The van der Waals surface area contributed by atoms with E-state index in [9.17, 15) is 9.59 Å². The Morgan fingerprint density at radius 1 is 1.33 bits per heavy atom. The molecule has 134 valence electrons. The van der Waals surface area contributed by atoms with E-state index in [2.05, 4.69) is 26.1 Å². The highest BCUT2D eigenvalue weighted by molar-refractivity contribution is 5.86. The van der Waals surface area contributed by atoms with Gasteiger partial charge in [0.25, 0.3) is 0 Å². The lowest BCUT2D eigenvalue weighted by Gasteiger charge is -2.36. The number of rotatable bonds is 6. The summed E-state index contributed by atoms with van der Waals surface area (Å²) in [6, 6.07) is 3.29. The molecule has 1 saturated carbocycles. The summed E-state index contributed by atoms with van der Waals surface area (Å²) in [7, 11) is 0. The van der Waals surface area contributed by atoms with Gasteiger partial charge in [0.15, 0.2) is 0 Å². The minimum Gasteiger partial charge on any atom is -0.460 e. The van der Waals surface area contributed by atoms with Crippen LogP contribution in [0.5, 0.6) is 0 Å². The number of nitrogens with one attached hydrogen (secondary N) is 1. The van der Waals surface area contributed by atoms with Crippen molar-refractivity contribution in [2.45, 2.75) is 53.5 Å². The molecule has 1 N–H and O–H groups in total. The molecule has 1 aliphatic carbocycles. The predicted molar refractivity (Wildman–Crippen MR) is 91.3 cm³/mol. The van der Waals surface area contributed by atoms with Crippen LogP contribution in [0.3, 0.4) is 0 Å². The standard InChI is InChI=1S/C19H29NO4/c1-5-23-19(22)17-9-7-14(24-17)11-20-18(21)16-10-13(4)6-8-15(16)12(2)3/h7,9,12-13,15-16H,5-6,8,10-11H2,1-4H3,(H,20,21). The first-order valence-corrected chi connectivity index (χ1v) is 8.95. The minimum absolute atomic E-state index is 0.0632. The van der Waals surface area contributed by atoms with Gasteiger partial charge in [-0.25, -0.2) is 4.79 Å². The van der Waals surface area contributed by atoms with Crippen molar-refractivity contribution in [3.8, 4) is 0 Å². The summed E-state index contributed by atoms with van der Waals surface area (Å²) in [6.07, 6.45) is 3.26. The van der Waals surface area contributed by atoms with E-state index in [4.69, 9.17) is 9.15 Å². The molecule has 1 aromatic rings. The van der Waals surface area contributed by atoms with Crippen LogP contribution in [0.2, 0.25) is 0 Å². The Labute approximate surface area is 144 Å². The lowest BCUT2D eigenvalue weighted by molar-refractivity contribution is -0.129. The smallest absolute Gasteiger partial charge is 0.374 e. The van der Waals surface area contributed by atoms with Crippen molar-refractivity contribution < 1.29 is 18.7 Å². The average molecular weight is 335 g/mol. The topological polar surface area (TPSA) is 68.5 Å². The van der Waals surface area contributed by atoms with Crippen molar-refractivity contribution in [1.29, 1.82) is 0 Å². The fourth-order valence-electron chi connectivity index (χ4n) is 3.59. The van der Waals surface area contributed by atoms with Crippen molar-refractivity contribution in [3.63, 3.8) is 0 Å². The molecule has 3 atom stereocenters. The van der Waals surface area contributed by atoms with E-state index < -0.39 is 5.97 Å². The second-order valence-corrected chi connectivity index (χ2v) is 7.14. The number of ether oxygens (including phenoxy) is 1. The fourth-order valence-corrected chi connectivity index (χ4v) is 3.59. The summed E-state index contributed by atoms with van der Waals surface area (Å²) < 4.78 is 10.3. The Kier molecular flexibility index (Phi) is 6.46. The second-order valence-electron chi connectivity index (χ2n) is 7.14. The Morgan fingerprint density at radius 3 is 2.75 bits per heavy atom. The van der Waals surface area contributed by atoms with E-state index in [1.165, 1.54) is 6.42 Å². The normalized spacial score (nSPS) is 24.0. The van der Waals surface area contributed by atoms with Gasteiger partial charge in [-0.05, 0) is 49.7 Å². The zero-order valence-electron chi connectivity index (χ0n) is 15.1. The second kappa shape index (κ2) is 8.36. The Morgan fingerprint density at radius 2 is 2.08 bits per heavy atom. The van der Waals surface area contributed by atoms with E-state index >= 15 is 0 Å². The maximum absolute atomic E-state index is 12.6. The van der Waals surface area contributed by atoms with Crippen molar-refractivity contribution in [2.24, 2.45) is 23.7 Å². The molecule has 0 aliphatic heterocycles. The maximum Gasteiger partial charge on any atom is 0.374 e. The zero-order chi connectivity index (χ0) is 17.7. The minimum atomic E-state index is -0.476. The van der Waals surface area contributed by atoms with Gasteiger partial charge in [0.05, 0.1) is 13.2 Å². The molecular weight excluding hydrogens is 306 g/mol. The summed E-state index contributed by atoms with van der Waals surface area (Å²) >= 11 is 0. The Hall–Kier alpha value is -1.78. The summed E-state index contributed by atoms with van der Waals surface area (Å²) in [5.41, 5.74) is 0. The van der Waals surface area contributed by atoms with E-state index in [0.717, 1.165) is 12.8 Å². The molecule has 0 radical (unpaired) electrons. The summed E-state index contributed by atoms with van der Waals surface area (Å²) in [5.74, 6) is 1.96. The number of hydrogen-bond acceptors (Lipinski definition) is 4. The number of hydrogen-bond donors (Lipinski definition) is 1. The highest BCUT2D eigenvalue weighted by Gasteiger charge is 2.35. The van der Waals surface area contributed by atoms with Gasteiger partial charge in [-0.3, -0.25) is 4.79 Å². The molecule has 0 bridgehead atoms. The first kappa shape index (κ1) is 18.6. The predicted octanol–water partition coefficient (Wildman–Crippen LogP) is 3.78. The van der Waals surface area contributed by atoms with Crippen molar-refractivity contribution in [2.75, 3.05) is 6.61 Å². The first-order chi connectivity index (χ1) is 11.4. The maximum atomic E-state index is 12.6. The summed E-state index contributed by atoms with van der Waals surface area (Å²) in [6.45, 7) is 8.96. The van der Waals surface area contributed by atoms with E-state index in [1.807, 2.05) is 0 Å². The van der Waals surface area contributed by atoms with Gasteiger partial charge in [0.1, 0.15) is 5.76 Å². The van der Waals surface area contributed by atoms with Crippen LogP contribution in [0.15, 0.2) is 16.5 Å². The number of carbonyl (C=O) groups is 2. The third-order valence-corrected chi connectivity index (χ3v) is 4.93. The van der Waals surface area contributed by atoms with E-state index in [-0.39, 0.29) is 17.6 Å². The molecule has 5 heteroatoms. The molecule has 3 unspecified atom stereocenters. The van der Waals surface area contributed by atoms with Crippen LogP contribution in [0, 0.1) is 23.7 Å². The highest BCUT2D eigenvalue weighted by Crippen LogP contribution is 2.38. The van der Waals surface area contributed by atoms with Gasteiger partial charge < -0.3 is 14.5 Å². The van der Waals surface area contributed by atoms with Gasteiger partial charge in [-0.2, -0.15) is 0 Å². The molecule has 24 heavy (non-hydrogen) atoms. The average Bonchev–Trinajstić information content (AvgIpc) is 3.01. The summed E-state index contributed by atoms with van der Waals surface area (Å²) in [4.78, 5) is 24.2. The van der Waals surface area contributed by atoms with Crippen LogP contribution < -0.4 is 5.32 Å². The number of carbonyl (C=O) groups excluding carboxylic acids is 2. The molecule has 1 aliphatic rings.